The summed E-state index contributed by atoms with van der Waals surface area (Å²) in [5, 5.41) is 5.27. The maximum absolute atomic E-state index is 12.5. The average molecular weight is 402 g/mol. The fraction of sp³-hybridized carbons (Fsp3) is 0.208. The number of amides is 1. The van der Waals surface area contributed by atoms with Gasteiger partial charge in [0.15, 0.2) is 5.82 Å². The Hall–Kier alpha value is -2.92. The van der Waals surface area contributed by atoms with Gasteiger partial charge in [0.25, 0.3) is 0 Å². The van der Waals surface area contributed by atoms with E-state index in [2.05, 4.69) is 33.9 Å². The second-order valence-corrected chi connectivity index (χ2v) is 8.09. The molecule has 0 bridgehead atoms. The van der Waals surface area contributed by atoms with Crippen molar-refractivity contribution in [3.63, 3.8) is 0 Å². The molecular formula is C24H23N3OS. The first-order valence-corrected chi connectivity index (χ1v) is 10.8. The second-order valence-electron chi connectivity index (χ2n) is 6.97. The molecule has 0 saturated heterocycles. The van der Waals surface area contributed by atoms with Gasteiger partial charge in [-0.05, 0) is 30.2 Å². The zero-order chi connectivity index (χ0) is 19.9. The first-order valence-electron chi connectivity index (χ1n) is 9.86. The standard InChI is InChI=1S/C24H23N3OS/c28-22(15-7-11-18-9-3-1-4-10-18)27-24-23(21-14-8-16-29-21)26-20(17-25-24)19-12-5-2-6-13-19/h1-6,8-10,12-13,16-17,21H,7,11,14-15H2,(H,25,27,28). The molecule has 1 aromatic heterocycles. The van der Waals surface area contributed by atoms with Gasteiger partial charge in [-0.25, -0.2) is 9.97 Å². The molecule has 2 heterocycles. The number of hydrogen-bond donors (Lipinski definition) is 1. The molecule has 0 fully saturated rings. The lowest BCUT2D eigenvalue weighted by Crippen LogP contribution is -2.16. The normalized spacial score (nSPS) is 15.4. The summed E-state index contributed by atoms with van der Waals surface area (Å²) in [5.41, 5.74) is 3.95. The number of benzene rings is 2. The summed E-state index contributed by atoms with van der Waals surface area (Å²) in [5.74, 6) is 0.565. The number of carbonyl (C=O) groups is 1. The number of nitrogens with one attached hydrogen (secondary N) is 1. The monoisotopic (exact) mass is 401 g/mol. The molecule has 5 heteroatoms. The van der Waals surface area contributed by atoms with Gasteiger partial charge in [0.1, 0.15) is 0 Å². The summed E-state index contributed by atoms with van der Waals surface area (Å²) >= 11 is 1.72. The number of rotatable bonds is 7. The zero-order valence-corrected chi connectivity index (χ0v) is 16.9. The molecule has 1 N–H and O–H groups in total. The van der Waals surface area contributed by atoms with Crippen LogP contribution < -0.4 is 5.32 Å². The van der Waals surface area contributed by atoms with Crippen LogP contribution in [0.25, 0.3) is 11.3 Å². The van der Waals surface area contributed by atoms with Crippen LogP contribution in [0.15, 0.2) is 78.3 Å². The molecule has 0 saturated carbocycles. The molecule has 0 radical (unpaired) electrons. The molecule has 4 nitrogen and oxygen atoms in total. The van der Waals surface area contributed by atoms with Crippen molar-refractivity contribution in [1.82, 2.24) is 9.97 Å². The molecule has 146 valence electrons. The quantitative estimate of drug-likeness (QED) is 0.544. The maximum Gasteiger partial charge on any atom is 0.225 e. The largest absolute Gasteiger partial charge is 0.309 e. The molecule has 0 spiro atoms. The number of carbonyl (C=O) groups excluding carboxylic acids is 1. The molecule has 1 unspecified atom stereocenters. The van der Waals surface area contributed by atoms with Gasteiger partial charge in [-0.1, -0.05) is 66.7 Å². The van der Waals surface area contributed by atoms with E-state index in [9.17, 15) is 4.79 Å². The number of nitrogens with zero attached hydrogens (tertiary/aromatic N) is 2. The Labute approximate surface area is 175 Å². The minimum atomic E-state index is -0.0140. The van der Waals surface area contributed by atoms with E-state index in [1.165, 1.54) is 5.56 Å². The highest BCUT2D eigenvalue weighted by molar-refractivity contribution is 8.02. The smallest absolute Gasteiger partial charge is 0.225 e. The van der Waals surface area contributed by atoms with Crippen molar-refractivity contribution in [1.29, 1.82) is 0 Å². The van der Waals surface area contributed by atoms with E-state index in [4.69, 9.17) is 4.98 Å². The molecule has 1 amide bonds. The van der Waals surface area contributed by atoms with Gasteiger partial charge in [-0.3, -0.25) is 4.79 Å². The fourth-order valence-corrected chi connectivity index (χ4v) is 4.25. The molecule has 29 heavy (non-hydrogen) atoms. The average Bonchev–Trinajstić information content (AvgIpc) is 3.30. The molecule has 1 atom stereocenters. The Morgan fingerprint density at radius 1 is 1.07 bits per heavy atom. The predicted octanol–water partition coefficient (Wildman–Crippen LogP) is 5.80. The van der Waals surface area contributed by atoms with Crippen molar-refractivity contribution in [3.8, 4) is 11.3 Å². The Bertz CT molecular complexity index is 982. The van der Waals surface area contributed by atoms with E-state index in [-0.39, 0.29) is 11.2 Å². The highest BCUT2D eigenvalue weighted by Gasteiger charge is 2.22. The van der Waals surface area contributed by atoms with Gasteiger partial charge in [0.2, 0.25) is 5.91 Å². The van der Waals surface area contributed by atoms with Crippen molar-refractivity contribution in [2.24, 2.45) is 0 Å². The lowest BCUT2D eigenvalue weighted by Gasteiger charge is -2.15. The lowest BCUT2D eigenvalue weighted by molar-refractivity contribution is -0.116. The minimum Gasteiger partial charge on any atom is -0.309 e. The van der Waals surface area contributed by atoms with E-state index in [1.54, 1.807) is 18.0 Å². The Morgan fingerprint density at radius 3 is 2.55 bits per heavy atom. The van der Waals surface area contributed by atoms with Gasteiger partial charge < -0.3 is 5.32 Å². The summed E-state index contributed by atoms with van der Waals surface area (Å²) < 4.78 is 0. The van der Waals surface area contributed by atoms with E-state index < -0.39 is 0 Å². The van der Waals surface area contributed by atoms with E-state index in [1.807, 2.05) is 48.5 Å². The van der Waals surface area contributed by atoms with Gasteiger partial charge in [0.05, 0.1) is 22.8 Å². The van der Waals surface area contributed by atoms with Crippen LogP contribution in [0.4, 0.5) is 5.82 Å². The third-order valence-corrected chi connectivity index (χ3v) is 5.93. The molecule has 0 aliphatic carbocycles. The summed E-state index contributed by atoms with van der Waals surface area (Å²) in [7, 11) is 0. The van der Waals surface area contributed by atoms with Gasteiger partial charge in [-0.15, -0.1) is 11.8 Å². The van der Waals surface area contributed by atoms with Crippen molar-refractivity contribution >= 4 is 23.5 Å². The molecule has 1 aliphatic heterocycles. The van der Waals surface area contributed by atoms with Crippen LogP contribution in [0, 0.1) is 0 Å². The van der Waals surface area contributed by atoms with Gasteiger partial charge in [0, 0.05) is 12.0 Å². The van der Waals surface area contributed by atoms with Crippen LogP contribution in [-0.4, -0.2) is 15.9 Å². The molecular weight excluding hydrogens is 378 g/mol. The van der Waals surface area contributed by atoms with E-state index in [0.717, 1.165) is 36.2 Å². The number of allylic oxidation sites excluding steroid dienone is 1. The number of anilines is 1. The lowest BCUT2D eigenvalue weighted by atomic mass is 10.1. The third-order valence-electron chi connectivity index (χ3n) is 4.83. The van der Waals surface area contributed by atoms with Crippen molar-refractivity contribution in [3.05, 3.63) is 89.6 Å². The van der Waals surface area contributed by atoms with Crippen LogP contribution in [0.2, 0.25) is 0 Å². The zero-order valence-electron chi connectivity index (χ0n) is 16.1. The third kappa shape index (κ3) is 5.12. The first kappa shape index (κ1) is 19.4. The number of hydrogen-bond acceptors (Lipinski definition) is 4. The van der Waals surface area contributed by atoms with E-state index in [0.29, 0.717) is 12.2 Å². The highest BCUT2D eigenvalue weighted by atomic mass is 32.2. The number of aromatic nitrogens is 2. The summed E-state index contributed by atoms with van der Waals surface area (Å²) in [6.07, 6.45) is 6.94. The highest BCUT2D eigenvalue weighted by Crippen LogP contribution is 2.40. The Balaban J connectivity index is 1.46. The molecule has 1 aliphatic rings. The van der Waals surface area contributed by atoms with Crippen molar-refractivity contribution in [2.45, 2.75) is 30.9 Å². The first-order chi connectivity index (χ1) is 14.3. The van der Waals surface area contributed by atoms with E-state index >= 15 is 0 Å². The van der Waals surface area contributed by atoms with Crippen molar-refractivity contribution in [2.75, 3.05) is 5.32 Å². The van der Waals surface area contributed by atoms with Crippen LogP contribution in [0.5, 0.6) is 0 Å². The van der Waals surface area contributed by atoms with Crippen LogP contribution in [-0.2, 0) is 11.2 Å². The fourth-order valence-electron chi connectivity index (χ4n) is 3.33. The molecule has 2 aromatic carbocycles. The minimum absolute atomic E-state index is 0.0140. The summed E-state index contributed by atoms with van der Waals surface area (Å²) in [6, 6.07) is 20.3. The van der Waals surface area contributed by atoms with Crippen LogP contribution >= 0.6 is 11.8 Å². The summed E-state index contributed by atoms with van der Waals surface area (Å²) in [6.45, 7) is 0. The van der Waals surface area contributed by atoms with Crippen molar-refractivity contribution < 1.29 is 4.79 Å². The number of aryl methyl sites for hydroxylation is 1. The van der Waals surface area contributed by atoms with Gasteiger partial charge >= 0.3 is 0 Å². The van der Waals surface area contributed by atoms with Gasteiger partial charge in [-0.2, -0.15) is 0 Å². The van der Waals surface area contributed by atoms with Crippen LogP contribution in [0.3, 0.4) is 0 Å². The number of thioether (sulfide) groups is 1. The topological polar surface area (TPSA) is 54.9 Å². The predicted molar refractivity (Wildman–Crippen MR) is 120 cm³/mol. The SMILES string of the molecule is O=C(CCCc1ccccc1)Nc1ncc(-c2ccccc2)nc1C1CC=CS1. The molecule has 3 aromatic rings. The summed E-state index contributed by atoms with van der Waals surface area (Å²) in [4.78, 5) is 22.0. The van der Waals surface area contributed by atoms with Crippen LogP contribution in [0.1, 0.15) is 35.8 Å². The maximum atomic E-state index is 12.5. The Kier molecular flexibility index (Phi) is 6.37. The Morgan fingerprint density at radius 2 is 1.83 bits per heavy atom. The second kappa shape index (κ2) is 9.52. The molecule has 4 rings (SSSR count).